The van der Waals surface area contributed by atoms with Crippen LogP contribution >= 0.6 is 23.2 Å². The summed E-state index contributed by atoms with van der Waals surface area (Å²) in [5, 5.41) is 9.41. The van der Waals surface area contributed by atoms with Gasteiger partial charge in [0.15, 0.2) is 5.78 Å². The Labute approximate surface area is 247 Å². The standard InChI is InChI=1S/C29H26Cl2N4O5S/c1-3-40-28(37)17-35(41(38,39)21-13-24(30)29(33)25(31)14-21)20-9-10-26-22(12-20)23(16-34(26)2)27(36)11-8-18-4-6-19(15-32)7-5-18/h4-7,9-10,12-14,16H,3,8,11,17,33H2,1-2H3. The SMILES string of the molecule is CCOC(=O)CN(c1ccc2c(c1)c(C(=O)CCc1ccc(C#N)cc1)cn2C)S(=O)(=O)c1cc(Cl)c(N)c(Cl)c1. The second-order valence-electron chi connectivity index (χ2n) is 9.20. The summed E-state index contributed by atoms with van der Waals surface area (Å²) < 4.78 is 35.3. The van der Waals surface area contributed by atoms with Gasteiger partial charge in [0.25, 0.3) is 10.0 Å². The Morgan fingerprint density at radius 1 is 1.07 bits per heavy atom. The third-order valence-electron chi connectivity index (χ3n) is 6.50. The Hall–Kier alpha value is -4.04. The lowest BCUT2D eigenvalue weighted by atomic mass is 10.0. The second kappa shape index (κ2) is 12.2. The van der Waals surface area contributed by atoms with E-state index in [-0.39, 0.29) is 45.1 Å². The van der Waals surface area contributed by atoms with E-state index in [0.29, 0.717) is 28.5 Å². The van der Waals surface area contributed by atoms with Gasteiger partial charge in [0.2, 0.25) is 0 Å². The van der Waals surface area contributed by atoms with Gasteiger partial charge >= 0.3 is 5.97 Å². The molecule has 4 rings (SSSR count). The van der Waals surface area contributed by atoms with Gasteiger partial charge in [-0.25, -0.2) is 8.42 Å². The fourth-order valence-corrected chi connectivity index (χ4v) is 6.44. The van der Waals surface area contributed by atoms with Crippen molar-refractivity contribution >= 4 is 67.3 Å². The van der Waals surface area contributed by atoms with Crippen molar-refractivity contribution in [3.63, 3.8) is 0 Å². The summed E-state index contributed by atoms with van der Waals surface area (Å²) in [6, 6.07) is 16.2. The van der Waals surface area contributed by atoms with E-state index in [1.165, 1.54) is 0 Å². The maximum Gasteiger partial charge on any atom is 0.326 e. The van der Waals surface area contributed by atoms with Gasteiger partial charge in [0.1, 0.15) is 6.54 Å². The molecule has 0 aliphatic heterocycles. The summed E-state index contributed by atoms with van der Waals surface area (Å²) in [6.07, 6.45) is 2.35. The van der Waals surface area contributed by atoms with Crippen LogP contribution in [0.5, 0.6) is 0 Å². The molecule has 212 valence electrons. The van der Waals surface area contributed by atoms with Crippen molar-refractivity contribution in [2.45, 2.75) is 24.7 Å². The number of nitrogens with two attached hydrogens (primary N) is 1. The Morgan fingerprint density at radius 2 is 1.73 bits per heavy atom. The molecule has 0 amide bonds. The number of hydrogen-bond donors (Lipinski definition) is 1. The Balaban J connectivity index is 1.74. The average Bonchev–Trinajstić information content (AvgIpc) is 3.28. The van der Waals surface area contributed by atoms with E-state index >= 15 is 0 Å². The monoisotopic (exact) mass is 612 g/mol. The molecule has 1 aromatic heterocycles. The number of nitrogens with zero attached hydrogens (tertiary/aromatic N) is 3. The molecule has 2 N–H and O–H groups in total. The molecule has 4 aromatic rings. The zero-order valence-electron chi connectivity index (χ0n) is 22.2. The Morgan fingerprint density at radius 3 is 2.34 bits per heavy atom. The van der Waals surface area contributed by atoms with Crippen LogP contribution in [0.4, 0.5) is 11.4 Å². The molecular weight excluding hydrogens is 587 g/mol. The Kier molecular flexibility index (Phi) is 8.92. The normalized spacial score (nSPS) is 11.3. The van der Waals surface area contributed by atoms with E-state index in [4.69, 9.17) is 38.9 Å². The smallest absolute Gasteiger partial charge is 0.326 e. The predicted octanol–water partition coefficient (Wildman–Crippen LogP) is 5.51. The number of carbonyl (C=O) groups excluding carboxylic acids is 2. The molecule has 0 saturated carbocycles. The van der Waals surface area contributed by atoms with Gasteiger partial charge in [0.05, 0.1) is 44.6 Å². The van der Waals surface area contributed by atoms with E-state index in [2.05, 4.69) is 6.07 Å². The molecule has 1 heterocycles. The number of ketones is 1. The van der Waals surface area contributed by atoms with E-state index in [0.717, 1.165) is 22.0 Å². The summed E-state index contributed by atoms with van der Waals surface area (Å²) in [6.45, 7) is 1.04. The van der Waals surface area contributed by atoms with Crippen molar-refractivity contribution in [1.82, 2.24) is 4.57 Å². The lowest BCUT2D eigenvalue weighted by Gasteiger charge is -2.24. The van der Waals surface area contributed by atoms with Crippen LogP contribution in [0.25, 0.3) is 10.9 Å². The van der Waals surface area contributed by atoms with Crippen molar-refractivity contribution in [2.24, 2.45) is 7.05 Å². The minimum Gasteiger partial charge on any atom is -0.465 e. The topological polar surface area (TPSA) is 135 Å². The fraction of sp³-hybridized carbons (Fsp3) is 0.207. The highest BCUT2D eigenvalue weighted by Crippen LogP contribution is 2.35. The molecule has 0 atom stereocenters. The van der Waals surface area contributed by atoms with Crippen molar-refractivity contribution in [2.75, 3.05) is 23.2 Å². The van der Waals surface area contributed by atoms with Crippen LogP contribution in [0.3, 0.4) is 0 Å². The van der Waals surface area contributed by atoms with Crippen molar-refractivity contribution < 1.29 is 22.7 Å². The maximum absolute atomic E-state index is 13.8. The van der Waals surface area contributed by atoms with Crippen LogP contribution < -0.4 is 10.0 Å². The van der Waals surface area contributed by atoms with Gasteiger partial charge in [-0.3, -0.25) is 13.9 Å². The molecule has 3 aromatic carbocycles. The first kappa shape index (κ1) is 29.9. The summed E-state index contributed by atoms with van der Waals surface area (Å²) in [7, 11) is -2.60. The van der Waals surface area contributed by atoms with Crippen LogP contribution in [0.2, 0.25) is 10.0 Å². The second-order valence-corrected chi connectivity index (χ2v) is 11.9. The van der Waals surface area contributed by atoms with Gasteiger partial charge in [-0.05, 0) is 61.4 Å². The fourth-order valence-electron chi connectivity index (χ4n) is 4.37. The summed E-state index contributed by atoms with van der Waals surface area (Å²) >= 11 is 12.2. The minimum atomic E-state index is -4.38. The molecule has 0 bridgehead atoms. The number of aromatic nitrogens is 1. The third kappa shape index (κ3) is 6.33. The highest BCUT2D eigenvalue weighted by atomic mass is 35.5. The zero-order chi connectivity index (χ0) is 29.9. The highest BCUT2D eigenvalue weighted by molar-refractivity contribution is 7.92. The maximum atomic E-state index is 13.8. The number of Topliss-reactive ketones (excluding diaryl/α,β-unsaturated/α-hetero) is 1. The Bertz CT molecular complexity index is 1770. The predicted molar refractivity (Wildman–Crippen MR) is 159 cm³/mol. The van der Waals surface area contributed by atoms with Crippen molar-refractivity contribution in [3.05, 3.63) is 87.5 Å². The van der Waals surface area contributed by atoms with Gasteiger partial charge in [-0.15, -0.1) is 0 Å². The van der Waals surface area contributed by atoms with Gasteiger partial charge in [0, 0.05) is 36.1 Å². The third-order valence-corrected chi connectivity index (χ3v) is 8.88. The van der Waals surface area contributed by atoms with Crippen LogP contribution in [-0.2, 0) is 33.0 Å². The quantitative estimate of drug-likeness (QED) is 0.142. The molecule has 9 nitrogen and oxygen atoms in total. The van der Waals surface area contributed by atoms with E-state index < -0.39 is 22.5 Å². The van der Waals surface area contributed by atoms with Crippen LogP contribution in [0.1, 0.15) is 34.8 Å². The summed E-state index contributed by atoms with van der Waals surface area (Å²) in [5.74, 6) is -0.912. The number of sulfonamides is 1. The minimum absolute atomic E-state index is 0.0269. The number of ether oxygens (including phenoxy) is 1. The number of rotatable bonds is 10. The molecule has 0 fully saturated rings. The van der Waals surface area contributed by atoms with E-state index in [1.807, 2.05) is 0 Å². The largest absolute Gasteiger partial charge is 0.465 e. The first-order valence-corrected chi connectivity index (χ1v) is 14.7. The number of nitrogen functional groups attached to an aromatic ring is 1. The molecule has 0 spiro atoms. The number of anilines is 2. The highest BCUT2D eigenvalue weighted by Gasteiger charge is 2.30. The van der Waals surface area contributed by atoms with Gasteiger partial charge < -0.3 is 15.0 Å². The zero-order valence-corrected chi connectivity index (χ0v) is 24.6. The van der Waals surface area contributed by atoms with Crippen molar-refractivity contribution in [3.8, 4) is 6.07 Å². The molecule has 12 heteroatoms. The van der Waals surface area contributed by atoms with E-state index in [9.17, 15) is 18.0 Å². The molecule has 0 saturated heterocycles. The number of halogens is 2. The molecule has 0 aliphatic rings. The van der Waals surface area contributed by atoms with Crippen LogP contribution in [-0.4, -0.2) is 37.9 Å². The molecule has 0 aliphatic carbocycles. The first-order chi connectivity index (χ1) is 19.5. The average molecular weight is 614 g/mol. The lowest BCUT2D eigenvalue weighted by molar-refractivity contribution is -0.141. The van der Waals surface area contributed by atoms with Gasteiger partial charge in [-0.1, -0.05) is 35.3 Å². The number of carbonyl (C=O) groups is 2. The number of esters is 1. The summed E-state index contributed by atoms with van der Waals surface area (Å²) in [5.41, 5.74) is 8.51. The molecule has 0 radical (unpaired) electrons. The summed E-state index contributed by atoms with van der Waals surface area (Å²) in [4.78, 5) is 25.6. The number of benzene rings is 3. The number of hydrogen-bond acceptors (Lipinski definition) is 7. The lowest BCUT2D eigenvalue weighted by Crippen LogP contribution is -2.36. The number of fused-ring (bicyclic) bond motifs is 1. The first-order valence-electron chi connectivity index (χ1n) is 12.5. The number of aryl methyl sites for hydroxylation is 2. The molecule has 0 unspecified atom stereocenters. The van der Waals surface area contributed by atoms with Crippen LogP contribution in [0.15, 0.2) is 65.7 Å². The molecule has 41 heavy (non-hydrogen) atoms. The molecular formula is C29H26Cl2N4O5S. The van der Waals surface area contributed by atoms with Crippen LogP contribution in [0, 0.1) is 11.3 Å². The van der Waals surface area contributed by atoms with Crippen molar-refractivity contribution in [1.29, 1.82) is 5.26 Å². The number of nitriles is 1. The van der Waals surface area contributed by atoms with Gasteiger partial charge in [-0.2, -0.15) is 5.26 Å². The van der Waals surface area contributed by atoms with E-state index in [1.54, 1.807) is 67.2 Å².